The Morgan fingerprint density at radius 2 is 2.18 bits per heavy atom. The highest BCUT2D eigenvalue weighted by atomic mass is 32.1. The molecule has 1 aliphatic heterocycles. The minimum atomic E-state index is -0.259. The fourth-order valence-electron chi connectivity index (χ4n) is 2.89. The third-order valence-corrected chi connectivity index (χ3v) is 5.19. The molecule has 1 N–H and O–H groups in total. The van der Waals surface area contributed by atoms with E-state index >= 15 is 0 Å². The first kappa shape index (κ1) is 11.5. The van der Waals surface area contributed by atoms with Crippen molar-refractivity contribution in [3.05, 3.63) is 10.6 Å². The number of aromatic nitrogens is 1. The molecule has 1 aliphatic carbocycles. The van der Waals surface area contributed by atoms with Crippen LogP contribution in [0.3, 0.4) is 0 Å². The molecule has 1 saturated heterocycles. The first-order chi connectivity index (χ1) is 8.25. The summed E-state index contributed by atoms with van der Waals surface area (Å²) in [4.78, 5) is 8.32. The zero-order valence-corrected chi connectivity index (χ0v) is 11.2. The van der Waals surface area contributed by atoms with E-state index in [2.05, 4.69) is 11.8 Å². The van der Waals surface area contributed by atoms with Crippen molar-refractivity contribution in [2.45, 2.75) is 57.6 Å². The number of hydrogen-bond donors (Lipinski definition) is 1. The zero-order chi connectivity index (χ0) is 11.8. The lowest BCUT2D eigenvalue weighted by Gasteiger charge is -2.33. The van der Waals surface area contributed by atoms with Crippen molar-refractivity contribution in [3.63, 3.8) is 0 Å². The third kappa shape index (κ3) is 2.08. The predicted molar refractivity (Wildman–Crippen MR) is 70.7 cm³/mol. The number of piperidine rings is 1. The van der Waals surface area contributed by atoms with Crippen LogP contribution >= 0.6 is 11.3 Å². The molecule has 0 saturated carbocycles. The molecule has 1 aromatic heterocycles. The maximum atomic E-state index is 9.99. The van der Waals surface area contributed by atoms with Crippen LogP contribution in [0.5, 0.6) is 0 Å². The number of aryl methyl sites for hydroxylation is 1. The van der Waals surface area contributed by atoms with Crippen LogP contribution in [0, 0.1) is 0 Å². The highest BCUT2D eigenvalue weighted by Gasteiger charge is 2.27. The maximum Gasteiger partial charge on any atom is 0.186 e. The lowest BCUT2D eigenvalue weighted by molar-refractivity contribution is 0.160. The molecule has 2 aliphatic rings. The van der Waals surface area contributed by atoms with Crippen molar-refractivity contribution in [1.29, 1.82) is 0 Å². The van der Waals surface area contributed by atoms with E-state index in [9.17, 15) is 5.11 Å². The largest absolute Gasteiger partial charge is 0.388 e. The molecule has 1 aromatic rings. The number of fused-ring (bicyclic) bond motifs is 1. The second kappa shape index (κ2) is 4.58. The summed E-state index contributed by atoms with van der Waals surface area (Å²) < 4.78 is 0. The molecule has 3 nitrogen and oxygen atoms in total. The third-order valence-electron chi connectivity index (χ3n) is 3.96. The minimum absolute atomic E-state index is 0.259. The summed E-state index contributed by atoms with van der Waals surface area (Å²) >= 11 is 1.72. The van der Waals surface area contributed by atoms with Crippen LogP contribution in [0.25, 0.3) is 0 Å². The molecular weight excluding hydrogens is 232 g/mol. The lowest BCUT2D eigenvalue weighted by atomic mass is 10.0. The number of thiazole rings is 1. The molecule has 0 radical (unpaired) electrons. The van der Waals surface area contributed by atoms with Crippen LogP contribution in [-0.2, 0) is 6.42 Å². The van der Waals surface area contributed by atoms with Gasteiger partial charge in [-0.05, 0) is 45.4 Å². The van der Waals surface area contributed by atoms with Crippen LogP contribution in [0.1, 0.15) is 55.7 Å². The van der Waals surface area contributed by atoms with E-state index in [1.54, 1.807) is 11.3 Å². The van der Waals surface area contributed by atoms with Gasteiger partial charge in [0.05, 0.1) is 16.7 Å². The smallest absolute Gasteiger partial charge is 0.186 e. The van der Waals surface area contributed by atoms with E-state index in [1.165, 1.54) is 19.3 Å². The molecule has 3 rings (SSSR count). The van der Waals surface area contributed by atoms with Gasteiger partial charge in [-0.15, -0.1) is 0 Å². The van der Waals surface area contributed by atoms with E-state index < -0.39 is 0 Å². The Balaban J connectivity index is 1.88. The summed E-state index contributed by atoms with van der Waals surface area (Å²) in [6.07, 6.45) is 6.66. The average molecular weight is 252 g/mol. The van der Waals surface area contributed by atoms with Gasteiger partial charge in [0.2, 0.25) is 0 Å². The highest BCUT2D eigenvalue weighted by Crippen LogP contribution is 2.38. The molecule has 1 fully saturated rings. The van der Waals surface area contributed by atoms with Crippen molar-refractivity contribution in [3.8, 4) is 0 Å². The molecule has 2 atom stereocenters. The Hall–Kier alpha value is -0.610. The number of aliphatic hydroxyl groups is 1. The number of rotatable bonds is 1. The number of anilines is 1. The number of hydrogen-bond acceptors (Lipinski definition) is 4. The van der Waals surface area contributed by atoms with E-state index in [4.69, 9.17) is 4.98 Å². The van der Waals surface area contributed by atoms with E-state index in [-0.39, 0.29) is 6.10 Å². The number of aliphatic hydroxyl groups excluding tert-OH is 1. The van der Waals surface area contributed by atoms with Crippen molar-refractivity contribution in [2.24, 2.45) is 0 Å². The van der Waals surface area contributed by atoms with Crippen molar-refractivity contribution in [2.75, 3.05) is 11.4 Å². The number of nitrogens with zero attached hydrogens (tertiary/aromatic N) is 2. The SMILES string of the molecule is CC1CCCCN1c1nc2c(s1)C(O)CCC2. The minimum Gasteiger partial charge on any atom is -0.388 e. The van der Waals surface area contributed by atoms with Crippen molar-refractivity contribution >= 4 is 16.5 Å². The maximum absolute atomic E-state index is 9.99. The quantitative estimate of drug-likeness (QED) is 0.835. The van der Waals surface area contributed by atoms with Gasteiger partial charge >= 0.3 is 0 Å². The Labute approximate surface area is 106 Å². The molecule has 0 aromatic carbocycles. The molecule has 4 heteroatoms. The van der Waals surface area contributed by atoms with Crippen LogP contribution in [-0.4, -0.2) is 22.7 Å². The van der Waals surface area contributed by atoms with E-state index in [0.29, 0.717) is 6.04 Å². The second-order valence-electron chi connectivity index (χ2n) is 5.25. The van der Waals surface area contributed by atoms with Gasteiger partial charge in [0.25, 0.3) is 0 Å². The zero-order valence-electron chi connectivity index (χ0n) is 10.4. The molecule has 0 bridgehead atoms. The summed E-state index contributed by atoms with van der Waals surface area (Å²) in [5, 5.41) is 11.1. The summed E-state index contributed by atoms with van der Waals surface area (Å²) in [6, 6.07) is 0.605. The fourth-order valence-corrected chi connectivity index (χ4v) is 4.15. The summed E-state index contributed by atoms with van der Waals surface area (Å²) in [7, 11) is 0. The Morgan fingerprint density at radius 1 is 1.29 bits per heavy atom. The summed E-state index contributed by atoms with van der Waals surface area (Å²) in [6.45, 7) is 3.42. The molecular formula is C13H20N2OS. The molecule has 17 heavy (non-hydrogen) atoms. The van der Waals surface area contributed by atoms with Crippen LogP contribution in [0.2, 0.25) is 0 Å². The normalized spacial score (nSPS) is 29.2. The second-order valence-corrected chi connectivity index (χ2v) is 6.26. The van der Waals surface area contributed by atoms with Gasteiger partial charge in [-0.3, -0.25) is 0 Å². The van der Waals surface area contributed by atoms with Crippen molar-refractivity contribution in [1.82, 2.24) is 4.98 Å². The molecule has 2 heterocycles. The molecule has 0 spiro atoms. The van der Waals surface area contributed by atoms with Crippen LogP contribution < -0.4 is 4.90 Å². The van der Waals surface area contributed by atoms with Gasteiger partial charge in [-0.2, -0.15) is 0 Å². The van der Waals surface area contributed by atoms with Gasteiger partial charge in [-0.1, -0.05) is 11.3 Å². The molecule has 2 unspecified atom stereocenters. The fraction of sp³-hybridized carbons (Fsp3) is 0.769. The van der Waals surface area contributed by atoms with E-state index in [0.717, 1.165) is 41.5 Å². The standard InChI is InChI=1S/C13H20N2OS/c1-9-5-2-3-8-15(9)13-14-10-6-4-7-11(16)12(10)17-13/h9,11,16H,2-8H2,1H3. The Morgan fingerprint density at radius 3 is 2.94 bits per heavy atom. The van der Waals surface area contributed by atoms with Crippen LogP contribution in [0.15, 0.2) is 0 Å². The first-order valence-corrected chi connectivity index (χ1v) is 7.51. The Kier molecular flexibility index (Phi) is 3.09. The summed E-state index contributed by atoms with van der Waals surface area (Å²) in [5.74, 6) is 0. The average Bonchev–Trinajstić information content (AvgIpc) is 2.75. The Bertz CT molecular complexity index is 404. The van der Waals surface area contributed by atoms with Gasteiger partial charge in [-0.25, -0.2) is 4.98 Å². The molecule has 0 amide bonds. The van der Waals surface area contributed by atoms with Gasteiger partial charge in [0, 0.05) is 12.6 Å². The topological polar surface area (TPSA) is 36.4 Å². The van der Waals surface area contributed by atoms with Crippen molar-refractivity contribution < 1.29 is 5.11 Å². The monoisotopic (exact) mass is 252 g/mol. The molecule has 94 valence electrons. The summed E-state index contributed by atoms with van der Waals surface area (Å²) in [5.41, 5.74) is 1.15. The van der Waals surface area contributed by atoms with Crippen LogP contribution in [0.4, 0.5) is 5.13 Å². The first-order valence-electron chi connectivity index (χ1n) is 6.70. The highest BCUT2D eigenvalue weighted by molar-refractivity contribution is 7.15. The van der Waals surface area contributed by atoms with Gasteiger partial charge in [0.15, 0.2) is 5.13 Å². The lowest BCUT2D eigenvalue weighted by Crippen LogP contribution is -2.37. The predicted octanol–water partition coefficient (Wildman–Crippen LogP) is 2.89. The van der Waals surface area contributed by atoms with Gasteiger partial charge < -0.3 is 10.0 Å². The van der Waals surface area contributed by atoms with E-state index in [1.807, 2.05) is 0 Å². The van der Waals surface area contributed by atoms with Gasteiger partial charge in [0.1, 0.15) is 0 Å².